The van der Waals surface area contributed by atoms with Crippen molar-refractivity contribution in [2.24, 2.45) is 4.99 Å². The zero-order chi connectivity index (χ0) is 30.8. The van der Waals surface area contributed by atoms with Crippen LogP contribution in [0.2, 0.25) is 0 Å². The molecule has 0 fully saturated rings. The molecule has 1 aromatic heterocycles. The Bertz CT molecular complexity index is 2000. The second-order valence-corrected chi connectivity index (χ2v) is 10.1. The Morgan fingerprint density at radius 3 is 2.49 bits per heavy atom. The van der Waals surface area contributed by atoms with E-state index in [4.69, 9.17) is 9.47 Å². The number of carbonyl (C=O) groups is 1. The van der Waals surface area contributed by atoms with Crippen LogP contribution >= 0.6 is 11.3 Å². The van der Waals surface area contributed by atoms with Crippen molar-refractivity contribution < 1.29 is 29.2 Å². The largest absolute Gasteiger partial charge is 0.502 e. The summed E-state index contributed by atoms with van der Waals surface area (Å²) in [6.07, 6.45) is 1.12. The van der Waals surface area contributed by atoms with Gasteiger partial charge in [-0.1, -0.05) is 53.8 Å². The number of phenols is 1. The van der Waals surface area contributed by atoms with Gasteiger partial charge in [0.2, 0.25) is 5.75 Å². The van der Waals surface area contributed by atoms with Crippen molar-refractivity contribution in [1.29, 1.82) is 0 Å². The van der Waals surface area contributed by atoms with E-state index in [2.05, 4.69) is 4.99 Å². The maximum atomic E-state index is 14.0. The lowest BCUT2D eigenvalue weighted by Gasteiger charge is -2.26. The zero-order valence-corrected chi connectivity index (χ0v) is 23.4. The highest BCUT2D eigenvalue weighted by atomic mass is 32.1. The summed E-state index contributed by atoms with van der Waals surface area (Å²) in [6, 6.07) is 16.2. The summed E-state index contributed by atoms with van der Waals surface area (Å²) < 4.78 is 12.0. The van der Waals surface area contributed by atoms with Gasteiger partial charge in [0.05, 0.1) is 51.5 Å². The molecule has 5 rings (SSSR count). The molecule has 0 saturated carbocycles. The quantitative estimate of drug-likeness (QED) is 0.180. The van der Waals surface area contributed by atoms with Gasteiger partial charge in [0, 0.05) is 17.2 Å². The summed E-state index contributed by atoms with van der Waals surface area (Å²) in [5, 5.41) is 33.5. The maximum Gasteiger partial charge on any atom is 0.338 e. The zero-order valence-electron chi connectivity index (χ0n) is 22.6. The highest BCUT2D eigenvalue weighted by molar-refractivity contribution is 7.07. The molecule has 43 heavy (non-hydrogen) atoms. The van der Waals surface area contributed by atoms with E-state index in [9.17, 15) is 34.9 Å². The number of aromatic hydroxyl groups is 1. The molecule has 1 N–H and O–H groups in total. The van der Waals surface area contributed by atoms with Gasteiger partial charge in [0.25, 0.3) is 11.2 Å². The van der Waals surface area contributed by atoms with Gasteiger partial charge in [-0.05, 0) is 30.7 Å². The fraction of sp³-hybridized carbons (Fsp3) is 0.138. The second-order valence-electron chi connectivity index (χ2n) is 9.13. The van der Waals surface area contributed by atoms with Crippen molar-refractivity contribution in [3.05, 3.63) is 129 Å². The number of nitrogens with zero attached hydrogens (tertiary/aromatic N) is 4. The minimum absolute atomic E-state index is 0.0470. The van der Waals surface area contributed by atoms with E-state index in [-0.39, 0.29) is 32.8 Å². The van der Waals surface area contributed by atoms with Crippen LogP contribution in [0, 0.1) is 20.2 Å². The molecule has 0 amide bonds. The standard InChI is InChI=1S/C29H22N4O9S/c1-3-42-28(36)23-24(16-8-5-4-6-9-16)30-29-31(25(23)17-10-7-11-20(13-17)41-2)27(35)22(43-29)14-18-12-19(32(37)38)15-21(26(18)34)33(39)40/h4-15,25,34H,3H2,1-2H3/b22-14-/t25-/m0/s1. The van der Waals surface area contributed by atoms with Crippen molar-refractivity contribution in [2.45, 2.75) is 13.0 Å². The minimum Gasteiger partial charge on any atom is -0.502 e. The van der Waals surface area contributed by atoms with E-state index in [1.807, 2.05) is 0 Å². The molecule has 2 heterocycles. The lowest BCUT2D eigenvalue weighted by atomic mass is 9.93. The number of carbonyl (C=O) groups excluding carboxylic acids is 1. The van der Waals surface area contributed by atoms with E-state index in [1.54, 1.807) is 61.5 Å². The first kappa shape index (κ1) is 28.9. The fourth-order valence-electron chi connectivity index (χ4n) is 4.69. The van der Waals surface area contributed by atoms with Gasteiger partial charge in [-0.25, -0.2) is 9.79 Å². The molecule has 1 atom stereocenters. The number of hydrogen-bond donors (Lipinski definition) is 1. The van der Waals surface area contributed by atoms with Crippen molar-refractivity contribution in [2.75, 3.05) is 13.7 Å². The van der Waals surface area contributed by atoms with Gasteiger partial charge in [-0.15, -0.1) is 0 Å². The highest BCUT2D eigenvalue weighted by Crippen LogP contribution is 2.37. The van der Waals surface area contributed by atoms with Gasteiger partial charge in [0.1, 0.15) is 5.75 Å². The average molecular weight is 603 g/mol. The van der Waals surface area contributed by atoms with Crippen LogP contribution in [-0.2, 0) is 9.53 Å². The summed E-state index contributed by atoms with van der Waals surface area (Å²) >= 11 is 0.888. The van der Waals surface area contributed by atoms with Crippen LogP contribution in [-0.4, -0.2) is 39.2 Å². The summed E-state index contributed by atoms with van der Waals surface area (Å²) in [5.41, 5.74) is -1.04. The van der Waals surface area contributed by atoms with Gasteiger partial charge >= 0.3 is 11.7 Å². The van der Waals surface area contributed by atoms with Crippen LogP contribution in [0.4, 0.5) is 11.4 Å². The normalized spacial score (nSPS) is 14.6. The van der Waals surface area contributed by atoms with Crippen molar-refractivity contribution in [3.63, 3.8) is 0 Å². The molecule has 218 valence electrons. The van der Waals surface area contributed by atoms with Gasteiger partial charge in [-0.3, -0.25) is 29.6 Å². The number of phenolic OH excluding ortho intramolecular Hbond substituents is 1. The molecule has 0 radical (unpaired) electrons. The Kier molecular flexibility index (Phi) is 7.86. The second kappa shape index (κ2) is 11.7. The molecule has 1 aliphatic rings. The Balaban J connectivity index is 1.86. The molecule has 14 heteroatoms. The van der Waals surface area contributed by atoms with E-state index < -0.39 is 44.5 Å². The van der Waals surface area contributed by atoms with Gasteiger partial charge < -0.3 is 14.6 Å². The predicted molar refractivity (Wildman–Crippen MR) is 155 cm³/mol. The van der Waals surface area contributed by atoms with Gasteiger partial charge in [0.15, 0.2) is 4.80 Å². The number of non-ortho nitro benzene ring substituents is 1. The van der Waals surface area contributed by atoms with Gasteiger partial charge in [-0.2, -0.15) is 0 Å². The third kappa shape index (κ3) is 5.38. The van der Waals surface area contributed by atoms with Crippen LogP contribution in [0.5, 0.6) is 11.5 Å². The number of aromatic nitrogens is 1. The molecule has 0 unspecified atom stereocenters. The van der Waals surface area contributed by atoms with Crippen LogP contribution in [0.3, 0.4) is 0 Å². The molecule has 13 nitrogen and oxygen atoms in total. The van der Waals surface area contributed by atoms with Crippen molar-refractivity contribution in [1.82, 2.24) is 4.57 Å². The first-order valence-electron chi connectivity index (χ1n) is 12.7. The molecule has 0 spiro atoms. The van der Waals surface area contributed by atoms with Crippen molar-refractivity contribution >= 4 is 40.5 Å². The number of rotatable bonds is 8. The summed E-state index contributed by atoms with van der Waals surface area (Å²) in [4.78, 5) is 53.5. The van der Waals surface area contributed by atoms with Crippen LogP contribution in [0.15, 0.2) is 82.1 Å². The summed E-state index contributed by atoms with van der Waals surface area (Å²) in [5.74, 6) is -1.07. The van der Waals surface area contributed by atoms with Crippen LogP contribution in [0.25, 0.3) is 11.8 Å². The molecular formula is C29H22N4O9S. The first-order chi connectivity index (χ1) is 20.6. The minimum atomic E-state index is -1.03. The highest BCUT2D eigenvalue weighted by Gasteiger charge is 2.35. The number of nitro benzene ring substituents is 2. The number of esters is 1. The lowest BCUT2D eigenvalue weighted by Crippen LogP contribution is -2.40. The Morgan fingerprint density at radius 2 is 1.84 bits per heavy atom. The smallest absolute Gasteiger partial charge is 0.338 e. The number of fused-ring (bicyclic) bond motifs is 1. The average Bonchev–Trinajstić information content (AvgIpc) is 3.31. The molecular weight excluding hydrogens is 580 g/mol. The van der Waals surface area contributed by atoms with Crippen molar-refractivity contribution in [3.8, 4) is 11.5 Å². The first-order valence-corrected chi connectivity index (χ1v) is 13.5. The molecule has 4 aromatic rings. The monoisotopic (exact) mass is 602 g/mol. The molecule has 0 bridgehead atoms. The molecule has 0 aliphatic carbocycles. The number of thiazole rings is 1. The maximum absolute atomic E-state index is 14.0. The predicted octanol–water partition coefficient (Wildman–Crippen LogP) is 3.47. The Morgan fingerprint density at radius 1 is 1.09 bits per heavy atom. The van der Waals surface area contributed by atoms with E-state index in [0.29, 0.717) is 22.9 Å². The molecule has 3 aromatic carbocycles. The number of nitro groups is 2. The number of ether oxygens (including phenoxy) is 2. The van der Waals surface area contributed by atoms with Crippen LogP contribution in [0.1, 0.15) is 29.7 Å². The van der Waals surface area contributed by atoms with E-state index in [1.165, 1.54) is 11.7 Å². The van der Waals surface area contributed by atoms with E-state index in [0.717, 1.165) is 23.5 Å². The molecule has 0 saturated heterocycles. The number of hydrogen-bond acceptors (Lipinski definition) is 11. The Labute approximate surface area is 246 Å². The fourth-order valence-corrected chi connectivity index (χ4v) is 5.68. The topological polar surface area (TPSA) is 176 Å². The third-order valence-corrected chi connectivity index (χ3v) is 7.56. The molecule has 1 aliphatic heterocycles. The summed E-state index contributed by atoms with van der Waals surface area (Å²) in [7, 11) is 1.48. The number of methoxy groups -OCH3 is 1. The Hall–Kier alpha value is -5.63. The SMILES string of the molecule is CCOC(=O)C1=C(c2ccccc2)N=c2s/c(=C\c3cc([N+](=O)[O-])cc([N+](=O)[O-])c3O)c(=O)n2[C@H]1c1cccc(OC)c1. The summed E-state index contributed by atoms with van der Waals surface area (Å²) in [6.45, 7) is 1.71. The van der Waals surface area contributed by atoms with Crippen LogP contribution < -0.4 is 19.6 Å². The van der Waals surface area contributed by atoms with E-state index >= 15 is 0 Å². The number of benzene rings is 3. The lowest BCUT2D eigenvalue weighted by molar-refractivity contribution is -0.394. The third-order valence-electron chi connectivity index (χ3n) is 6.58.